The monoisotopic (exact) mass is 196 g/mol. The lowest BCUT2D eigenvalue weighted by Crippen LogP contribution is -1.94. The fourth-order valence-electron chi connectivity index (χ4n) is 1.52. The molecular formula is C10H12O4. The van der Waals surface area contributed by atoms with Gasteiger partial charge in [0.05, 0.1) is 14.2 Å². The molecule has 1 aromatic rings. The van der Waals surface area contributed by atoms with E-state index in [-0.39, 0.29) is 6.79 Å². The van der Waals surface area contributed by atoms with Gasteiger partial charge < -0.3 is 18.9 Å². The maximum atomic E-state index is 5.32. The van der Waals surface area contributed by atoms with E-state index < -0.39 is 0 Å². The van der Waals surface area contributed by atoms with E-state index in [1.54, 1.807) is 14.2 Å². The van der Waals surface area contributed by atoms with Crippen LogP contribution in [-0.2, 0) is 0 Å². The molecule has 2 rings (SSSR count). The van der Waals surface area contributed by atoms with Gasteiger partial charge in [0.1, 0.15) is 0 Å². The van der Waals surface area contributed by atoms with Gasteiger partial charge in [-0.3, -0.25) is 0 Å². The van der Waals surface area contributed by atoms with Crippen molar-refractivity contribution in [1.82, 2.24) is 0 Å². The van der Waals surface area contributed by atoms with Gasteiger partial charge in [-0.15, -0.1) is 0 Å². The number of hydrogen-bond acceptors (Lipinski definition) is 4. The first kappa shape index (κ1) is 8.99. The molecular weight excluding hydrogens is 184 g/mol. The summed E-state index contributed by atoms with van der Waals surface area (Å²) in [4.78, 5) is 0. The van der Waals surface area contributed by atoms with Crippen molar-refractivity contribution in [3.8, 4) is 23.0 Å². The van der Waals surface area contributed by atoms with Gasteiger partial charge in [0.25, 0.3) is 0 Å². The molecule has 0 unspecified atom stereocenters. The number of methoxy groups -OCH3 is 2. The van der Waals surface area contributed by atoms with Gasteiger partial charge in [0, 0.05) is 0 Å². The van der Waals surface area contributed by atoms with Crippen LogP contribution in [0.4, 0.5) is 0 Å². The number of hydrogen-bond donors (Lipinski definition) is 0. The third-order valence-corrected chi connectivity index (χ3v) is 2.17. The molecule has 0 aliphatic carbocycles. The van der Waals surface area contributed by atoms with Crippen LogP contribution in [0.2, 0.25) is 0 Å². The summed E-state index contributed by atoms with van der Waals surface area (Å²) in [5.41, 5.74) is 0.982. The first-order valence-corrected chi connectivity index (χ1v) is 4.29. The number of fused-ring (bicyclic) bond motifs is 1. The average molecular weight is 196 g/mol. The molecule has 0 radical (unpaired) electrons. The SMILES string of the molecule is COc1cc(C)c2c(c1OC)OCO2. The summed E-state index contributed by atoms with van der Waals surface area (Å²) < 4.78 is 21.0. The zero-order valence-electron chi connectivity index (χ0n) is 8.42. The van der Waals surface area contributed by atoms with Gasteiger partial charge in [-0.25, -0.2) is 0 Å². The second-order valence-corrected chi connectivity index (χ2v) is 2.99. The minimum absolute atomic E-state index is 0.236. The zero-order valence-corrected chi connectivity index (χ0v) is 8.42. The molecule has 0 aromatic heterocycles. The number of rotatable bonds is 2. The van der Waals surface area contributed by atoms with E-state index in [0.717, 1.165) is 11.3 Å². The first-order valence-electron chi connectivity index (χ1n) is 4.29. The van der Waals surface area contributed by atoms with Crippen LogP contribution in [0.1, 0.15) is 5.56 Å². The normalized spacial score (nSPS) is 12.8. The highest BCUT2D eigenvalue weighted by Crippen LogP contribution is 2.48. The van der Waals surface area contributed by atoms with Crippen LogP contribution in [0.15, 0.2) is 6.07 Å². The Balaban J connectivity index is 2.62. The van der Waals surface area contributed by atoms with E-state index in [1.807, 2.05) is 13.0 Å². The maximum absolute atomic E-state index is 5.32. The molecule has 4 heteroatoms. The van der Waals surface area contributed by atoms with E-state index in [9.17, 15) is 0 Å². The lowest BCUT2D eigenvalue weighted by Gasteiger charge is -2.11. The summed E-state index contributed by atoms with van der Waals surface area (Å²) in [5, 5.41) is 0. The third kappa shape index (κ3) is 1.14. The standard InChI is InChI=1S/C10H12O4/c1-6-4-7(11-2)9(12-3)10-8(6)13-5-14-10/h4H,5H2,1-3H3. The van der Waals surface area contributed by atoms with Gasteiger partial charge in [0.2, 0.25) is 18.3 Å². The molecule has 1 aromatic carbocycles. The minimum atomic E-state index is 0.236. The third-order valence-electron chi connectivity index (χ3n) is 2.17. The molecule has 0 atom stereocenters. The van der Waals surface area contributed by atoms with Gasteiger partial charge in [-0.05, 0) is 18.6 Å². The molecule has 1 heterocycles. The highest BCUT2D eigenvalue weighted by atomic mass is 16.7. The molecule has 4 nitrogen and oxygen atoms in total. The van der Waals surface area contributed by atoms with E-state index in [4.69, 9.17) is 18.9 Å². The fraction of sp³-hybridized carbons (Fsp3) is 0.400. The largest absolute Gasteiger partial charge is 0.493 e. The maximum Gasteiger partial charge on any atom is 0.231 e. The molecule has 0 fully saturated rings. The van der Waals surface area contributed by atoms with Crippen molar-refractivity contribution in [2.45, 2.75) is 6.92 Å². The topological polar surface area (TPSA) is 36.9 Å². The summed E-state index contributed by atoms with van der Waals surface area (Å²) in [6.45, 7) is 2.18. The highest BCUT2D eigenvalue weighted by molar-refractivity contribution is 5.63. The second-order valence-electron chi connectivity index (χ2n) is 2.99. The summed E-state index contributed by atoms with van der Waals surface area (Å²) in [6, 6.07) is 1.87. The van der Waals surface area contributed by atoms with Gasteiger partial charge in [-0.2, -0.15) is 0 Å². The Morgan fingerprint density at radius 1 is 1.14 bits per heavy atom. The Hall–Kier alpha value is -1.58. The van der Waals surface area contributed by atoms with Crippen LogP contribution in [0.3, 0.4) is 0 Å². The molecule has 0 amide bonds. The average Bonchev–Trinajstić information content (AvgIpc) is 2.66. The van der Waals surface area contributed by atoms with Crippen molar-refractivity contribution >= 4 is 0 Å². The molecule has 0 N–H and O–H groups in total. The van der Waals surface area contributed by atoms with Crippen LogP contribution >= 0.6 is 0 Å². The van der Waals surface area contributed by atoms with Crippen LogP contribution in [0, 0.1) is 6.92 Å². The molecule has 1 aliphatic heterocycles. The van der Waals surface area contributed by atoms with Crippen molar-refractivity contribution in [3.05, 3.63) is 11.6 Å². The van der Waals surface area contributed by atoms with Crippen LogP contribution in [-0.4, -0.2) is 21.0 Å². The Morgan fingerprint density at radius 2 is 1.86 bits per heavy atom. The quantitative estimate of drug-likeness (QED) is 0.722. The summed E-state index contributed by atoms with van der Waals surface area (Å²) in [5.74, 6) is 2.62. The highest BCUT2D eigenvalue weighted by Gasteiger charge is 2.24. The number of benzene rings is 1. The lowest BCUT2D eigenvalue weighted by atomic mass is 10.2. The lowest BCUT2D eigenvalue weighted by molar-refractivity contribution is 0.170. The Morgan fingerprint density at radius 3 is 2.50 bits per heavy atom. The van der Waals surface area contributed by atoms with Crippen molar-refractivity contribution in [2.75, 3.05) is 21.0 Å². The number of ether oxygens (including phenoxy) is 4. The van der Waals surface area contributed by atoms with Crippen LogP contribution < -0.4 is 18.9 Å². The smallest absolute Gasteiger partial charge is 0.231 e. The summed E-state index contributed by atoms with van der Waals surface area (Å²) in [7, 11) is 3.18. The molecule has 14 heavy (non-hydrogen) atoms. The molecule has 0 saturated heterocycles. The van der Waals surface area contributed by atoms with E-state index in [0.29, 0.717) is 17.2 Å². The van der Waals surface area contributed by atoms with E-state index >= 15 is 0 Å². The Labute approximate surface area is 82.3 Å². The Bertz CT molecular complexity index is 360. The molecule has 0 spiro atoms. The van der Waals surface area contributed by atoms with E-state index in [1.165, 1.54) is 0 Å². The Kier molecular flexibility index (Phi) is 2.11. The van der Waals surface area contributed by atoms with Crippen molar-refractivity contribution < 1.29 is 18.9 Å². The van der Waals surface area contributed by atoms with Gasteiger partial charge in [-0.1, -0.05) is 0 Å². The van der Waals surface area contributed by atoms with Crippen molar-refractivity contribution in [2.24, 2.45) is 0 Å². The van der Waals surface area contributed by atoms with Gasteiger partial charge in [0.15, 0.2) is 11.5 Å². The zero-order chi connectivity index (χ0) is 10.1. The molecule has 76 valence electrons. The summed E-state index contributed by atoms with van der Waals surface area (Å²) in [6.07, 6.45) is 0. The van der Waals surface area contributed by atoms with Crippen molar-refractivity contribution in [3.63, 3.8) is 0 Å². The van der Waals surface area contributed by atoms with E-state index in [2.05, 4.69) is 0 Å². The first-order chi connectivity index (χ1) is 6.77. The molecule has 1 aliphatic rings. The predicted octanol–water partition coefficient (Wildman–Crippen LogP) is 1.74. The summed E-state index contributed by atoms with van der Waals surface area (Å²) >= 11 is 0. The predicted molar refractivity (Wildman–Crippen MR) is 50.4 cm³/mol. The fourth-order valence-corrected chi connectivity index (χ4v) is 1.52. The second kappa shape index (κ2) is 3.29. The number of aryl methyl sites for hydroxylation is 1. The van der Waals surface area contributed by atoms with Crippen LogP contribution in [0.5, 0.6) is 23.0 Å². The van der Waals surface area contributed by atoms with Gasteiger partial charge >= 0.3 is 0 Å². The molecule has 0 bridgehead atoms. The van der Waals surface area contributed by atoms with Crippen molar-refractivity contribution in [1.29, 1.82) is 0 Å². The minimum Gasteiger partial charge on any atom is -0.493 e. The van der Waals surface area contributed by atoms with Crippen LogP contribution in [0.25, 0.3) is 0 Å². The molecule has 0 saturated carbocycles.